The highest BCUT2D eigenvalue weighted by molar-refractivity contribution is 5.94. The quantitative estimate of drug-likeness (QED) is 0.470. The molecule has 2 aromatic carbocycles. The van der Waals surface area contributed by atoms with Gasteiger partial charge >= 0.3 is 0 Å². The Morgan fingerprint density at radius 3 is 2.56 bits per heavy atom. The summed E-state index contributed by atoms with van der Waals surface area (Å²) in [4.78, 5) is 15.2. The van der Waals surface area contributed by atoms with Gasteiger partial charge in [0.15, 0.2) is 0 Å². The molecule has 1 fully saturated rings. The van der Waals surface area contributed by atoms with E-state index < -0.39 is 0 Å². The number of rotatable bonds is 3. The summed E-state index contributed by atoms with van der Waals surface area (Å²) in [6, 6.07) is 20.2. The number of carbonyl (C=O) groups is 1. The van der Waals surface area contributed by atoms with E-state index in [2.05, 4.69) is 50.5 Å². The van der Waals surface area contributed by atoms with Crippen LogP contribution in [-0.2, 0) is 5.54 Å². The van der Waals surface area contributed by atoms with E-state index in [1.54, 1.807) is 7.11 Å². The largest absolute Gasteiger partial charge is 0.497 e. The number of amides is 1. The maximum atomic E-state index is 13.3. The van der Waals surface area contributed by atoms with Gasteiger partial charge in [-0.25, -0.2) is 0 Å². The summed E-state index contributed by atoms with van der Waals surface area (Å²) < 4.78 is 7.72. The first-order valence-corrected chi connectivity index (χ1v) is 11.6. The van der Waals surface area contributed by atoms with Crippen LogP contribution in [0.2, 0.25) is 0 Å². The Labute approximate surface area is 198 Å². The number of benzene rings is 2. The summed E-state index contributed by atoms with van der Waals surface area (Å²) in [6.45, 7) is 3.36. The normalized spacial score (nSPS) is 16.0. The van der Waals surface area contributed by atoms with Gasteiger partial charge in [0.05, 0.1) is 29.7 Å². The van der Waals surface area contributed by atoms with Crippen molar-refractivity contribution >= 4 is 11.6 Å². The molecule has 2 aliphatic rings. The molecular formula is C27H27N5O2. The van der Waals surface area contributed by atoms with Crippen molar-refractivity contribution in [3.8, 4) is 22.7 Å². The zero-order valence-electron chi connectivity index (χ0n) is 19.3. The first-order chi connectivity index (χ1) is 16.6. The predicted octanol–water partition coefficient (Wildman–Crippen LogP) is 4.74. The molecule has 2 aliphatic heterocycles. The average Bonchev–Trinajstić information content (AvgIpc) is 3.54. The molecule has 4 heterocycles. The smallest absolute Gasteiger partial charge is 0.253 e. The number of nitrogens with one attached hydrogen (secondary N) is 2. The first kappa shape index (κ1) is 20.6. The SMILES string of the molecule is COc1ccc2c(c1)NC1(CCN(C(=O)c3ccc(-c4cc(C)[nH]n4)cc3)CC1)c1cccn1-2. The van der Waals surface area contributed by atoms with Gasteiger partial charge in [-0.05, 0) is 62.2 Å². The molecule has 6 rings (SSSR count). The number of hydrogen-bond donors (Lipinski definition) is 2. The number of nitrogens with zero attached hydrogens (tertiary/aromatic N) is 3. The number of aryl methyl sites for hydroxylation is 1. The van der Waals surface area contributed by atoms with Crippen LogP contribution < -0.4 is 10.1 Å². The molecule has 2 N–H and O–H groups in total. The maximum Gasteiger partial charge on any atom is 0.253 e. The van der Waals surface area contributed by atoms with Gasteiger partial charge in [-0.3, -0.25) is 9.89 Å². The lowest BCUT2D eigenvalue weighted by molar-refractivity contribution is 0.0676. The van der Waals surface area contributed by atoms with Gasteiger partial charge < -0.3 is 19.5 Å². The lowest BCUT2D eigenvalue weighted by atomic mass is 9.82. The highest BCUT2D eigenvalue weighted by atomic mass is 16.5. The molecule has 1 amide bonds. The van der Waals surface area contributed by atoms with Gasteiger partial charge in [-0.1, -0.05) is 12.1 Å². The van der Waals surface area contributed by atoms with Gasteiger partial charge in [0.25, 0.3) is 5.91 Å². The molecular weight excluding hydrogens is 426 g/mol. The number of H-pyrrole nitrogens is 1. The van der Waals surface area contributed by atoms with Crippen LogP contribution in [0, 0.1) is 6.92 Å². The summed E-state index contributed by atoms with van der Waals surface area (Å²) in [5, 5.41) is 11.1. The molecule has 0 bridgehead atoms. The zero-order chi connectivity index (χ0) is 23.3. The van der Waals surface area contributed by atoms with E-state index >= 15 is 0 Å². The van der Waals surface area contributed by atoms with E-state index in [1.807, 2.05) is 48.2 Å². The van der Waals surface area contributed by atoms with E-state index in [9.17, 15) is 4.79 Å². The number of methoxy groups -OCH3 is 1. The third kappa shape index (κ3) is 3.27. The molecule has 172 valence electrons. The minimum atomic E-state index is -0.207. The van der Waals surface area contributed by atoms with Crippen LogP contribution in [0.5, 0.6) is 5.75 Å². The Hall–Kier alpha value is -4.00. The lowest BCUT2D eigenvalue weighted by Crippen LogP contribution is -2.51. The van der Waals surface area contributed by atoms with Crippen LogP contribution in [0.4, 0.5) is 5.69 Å². The monoisotopic (exact) mass is 453 g/mol. The molecule has 0 radical (unpaired) electrons. The summed E-state index contributed by atoms with van der Waals surface area (Å²) in [5.74, 6) is 0.908. The number of aromatic nitrogens is 3. The number of aromatic amines is 1. The second kappa shape index (κ2) is 7.80. The van der Waals surface area contributed by atoms with Crippen molar-refractivity contribution in [1.82, 2.24) is 19.7 Å². The van der Waals surface area contributed by atoms with Gasteiger partial charge in [-0.15, -0.1) is 0 Å². The third-order valence-electron chi connectivity index (χ3n) is 7.11. The molecule has 0 unspecified atom stereocenters. The minimum Gasteiger partial charge on any atom is -0.497 e. The summed E-state index contributed by atoms with van der Waals surface area (Å²) >= 11 is 0. The number of fused-ring (bicyclic) bond motifs is 4. The molecule has 1 spiro atoms. The van der Waals surface area contributed by atoms with Crippen LogP contribution in [0.15, 0.2) is 66.9 Å². The van der Waals surface area contributed by atoms with Crippen molar-refractivity contribution in [2.24, 2.45) is 0 Å². The fraction of sp³-hybridized carbons (Fsp3) is 0.259. The topological polar surface area (TPSA) is 75.2 Å². The number of piperidine rings is 1. The highest BCUT2D eigenvalue weighted by Gasteiger charge is 2.42. The van der Waals surface area contributed by atoms with E-state index in [-0.39, 0.29) is 11.4 Å². The Kier molecular flexibility index (Phi) is 4.72. The predicted molar refractivity (Wildman–Crippen MR) is 132 cm³/mol. The lowest BCUT2D eigenvalue weighted by Gasteiger charge is -2.46. The molecule has 7 heteroatoms. The zero-order valence-corrected chi connectivity index (χ0v) is 19.3. The van der Waals surface area contributed by atoms with Crippen molar-refractivity contribution in [2.75, 3.05) is 25.5 Å². The second-order valence-corrected chi connectivity index (χ2v) is 9.16. The third-order valence-corrected chi connectivity index (χ3v) is 7.11. The van der Waals surface area contributed by atoms with Crippen molar-refractivity contribution < 1.29 is 9.53 Å². The fourth-order valence-corrected chi connectivity index (χ4v) is 5.26. The molecule has 0 saturated carbocycles. The molecule has 1 saturated heterocycles. The van der Waals surface area contributed by atoms with E-state index in [1.165, 1.54) is 5.69 Å². The molecule has 0 atom stereocenters. The van der Waals surface area contributed by atoms with E-state index in [4.69, 9.17) is 4.74 Å². The van der Waals surface area contributed by atoms with Gasteiger partial charge in [-0.2, -0.15) is 5.10 Å². The second-order valence-electron chi connectivity index (χ2n) is 9.16. The van der Waals surface area contributed by atoms with Crippen molar-refractivity contribution in [3.63, 3.8) is 0 Å². The van der Waals surface area contributed by atoms with E-state index in [0.29, 0.717) is 18.7 Å². The van der Waals surface area contributed by atoms with Crippen LogP contribution in [0.3, 0.4) is 0 Å². The Balaban J connectivity index is 1.21. The van der Waals surface area contributed by atoms with Gasteiger partial charge in [0, 0.05) is 47.9 Å². The van der Waals surface area contributed by atoms with Crippen molar-refractivity contribution in [3.05, 3.63) is 83.8 Å². The summed E-state index contributed by atoms with van der Waals surface area (Å²) in [6.07, 6.45) is 3.79. The number of hydrogen-bond acceptors (Lipinski definition) is 4. The standard InChI is InChI=1S/C27H27N5O2/c1-18-16-22(30-29-18)19-5-7-20(8-6-19)26(33)31-14-11-27(12-15-31)25-4-3-13-32(25)24-10-9-21(34-2)17-23(24)28-27/h3-10,13,16-17,28H,11-12,14-15H2,1-2H3,(H,29,30). The Morgan fingerprint density at radius 2 is 1.85 bits per heavy atom. The first-order valence-electron chi connectivity index (χ1n) is 11.6. The van der Waals surface area contributed by atoms with Crippen LogP contribution >= 0.6 is 0 Å². The molecule has 4 aromatic rings. The number of anilines is 1. The van der Waals surface area contributed by atoms with E-state index in [0.717, 1.165) is 46.9 Å². The average molecular weight is 454 g/mol. The van der Waals surface area contributed by atoms with Crippen LogP contribution in [0.1, 0.15) is 34.6 Å². The highest BCUT2D eigenvalue weighted by Crippen LogP contribution is 2.44. The number of likely N-dealkylation sites (tertiary alicyclic amines) is 1. The Morgan fingerprint density at radius 1 is 1.06 bits per heavy atom. The summed E-state index contributed by atoms with van der Waals surface area (Å²) in [5.41, 5.74) is 6.84. The maximum absolute atomic E-state index is 13.3. The molecule has 7 nitrogen and oxygen atoms in total. The minimum absolute atomic E-state index is 0.0767. The van der Waals surface area contributed by atoms with Gasteiger partial charge in [0.1, 0.15) is 5.75 Å². The fourth-order valence-electron chi connectivity index (χ4n) is 5.26. The number of ether oxygens (including phenoxy) is 1. The summed E-state index contributed by atoms with van der Waals surface area (Å²) in [7, 11) is 1.69. The van der Waals surface area contributed by atoms with Gasteiger partial charge in [0.2, 0.25) is 0 Å². The molecule has 0 aliphatic carbocycles. The van der Waals surface area contributed by atoms with Crippen molar-refractivity contribution in [1.29, 1.82) is 0 Å². The van der Waals surface area contributed by atoms with Crippen LogP contribution in [-0.4, -0.2) is 45.8 Å². The number of carbonyl (C=O) groups excluding carboxylic acids is 1. The van der Waals surface area contributed by atoms with Crippen molar-refractivity contribution in [2.45, 2.75) is 25.3 Å². The van der Waals surface area contributed by atoms with Crippen LogP contribution in [0.25, 0.3) is 16.9 Å². The Bertz CT molecular complexity index is 1360. The molecule has 34 heavy (non-hydrogen) atoms. The molecule has 2 aromatic heterocycles.